The second-order valence-corrected chi connectivity index (χ2v) is 10.3. The number of anilines is 1. The Morgan fingerprint density at radius 3 is 2.39 bits per heavy atom. The van der Waals surface area contributed by atoms with Crippen LogP contribution < -0.4 is 14.4 Å². The minimum Gasteiger partial charge on any atom is -0.490 e. The van der Waals surface area contributed by atoms with Crippen LogP contribution in [0.3, 0.4) is 0 Å². The first-order valence-electron chi connectivity index (χ1n) is 12.1. The number of hydrogen-bond acceptors (Lipinski definition) is 5. The third-order valence-electron chi connectivity index (χ3n) is 6.10. The Morgan fingerprint density at radius 2 is 1.74 bits per heavy atom. The minimum atomic E-state index is -0.289. The number of hydrogen-bond donors (Lipinski definition) is 0. The topological polar surface area (TPSA) is 65.8 Å². The van der Waals surface area contributed by atoms with Gasteiger partial charge in [-0.25, -0.2) is 0 Å². The van der Waals surface area contributed by atoms with E-state index in [0.29, 0.717) is 64.4 Å². The smallest absolute Gasteiger partial charge is 0.264 e. The summed E-state index contributed by atoms with van der Waals surface area (Å²) in [6.07, 6.45) is 1.58. The Labute approximate surface area is 241 Å². The van der Waals surface area contributed by atoms with Crippen molar-refractivity contribution in [3.05, 3.63) is 91.9 Å². The van der Waals surface area contributed by atoms with E-state index in [-0.39, 0.29) is 18.1 Å². The molecule has 4 rings (SSSR count). The van der Waals surface area contributed by atoms with Crippen molar-refractivity contribution in [1.82, 2.24) is 4.90 Å². The van der Waals surface area contributed by atoms with E-state index in [1.54, 1.807) is 35.2 Å². The van der Waals surface area contributed by atoms with Gasteiger partial charge < -0.3 is 19.3 Å². The number of piperazine rings is 1. The minimum absolute atomic E-state index is 0.0583. The molecule has 3 aromatic carbocycles. The molecule has 1 aliphatic heterocycles. The average molecular weight is 615 g/mol. The molecule has 0 spiro atoms. The lowest BCUT2D eigenvalue weighted by Crippen LogP contribution is -2.49. The quantitative estimate of drug-likeness (QED) is 0.202. The van der Waals surface area contributed by atoms with Crippen LogP contribution in [0.4, 0.5) is 5.69 Å². The largest absolute Gasteiger partial charge is 0.490 e. The maximum atomic E-state index is 13.2. The molecule has 1 aliphatic rings. The predicted octanol–water partition coefficient (Wildman–Crippen LogP) is 6.99. The second kappa shape index (κ2) is 13.1. The number of carbonyl (C=O) groups is 1. The van der Waals surface area contributed by atoms with Crippen molar-refractivity contribution in [2.45, 2.75) is 13.5 Å². The van der Waals surface area contributed by atoms with Gasteiger partial charge in [0.05, 0.1) is 6.61 Å². The number of ether oxygens (including phenoxy) is 2. The van der Waals surface area contributed by atoms with Gasteiger partial charge >= 0.3 is 0 Å². The van der Waals surface area contributed by atoms with E-state index in [4.69, 9.17) is 32.7 Å². The number of para-hydroxylation sites is 1. The summed E-state index contributed by atoms with van der Waals surface area (Å²) in [7, 11) is 0. The predicted molar refractivity (Wildman–Crippen MR) is 155 cm³/mol. The fraction of sp³-hybridized carbons (Fsp3) is 0.241. The zero-order valence-electron chi connectivity index (χ0n) is 20.8. The van der Waals surface area contributed by atoms with E-state index in [2.05, 4.69) is 39.0 Å². The van der Waals surface area contributed by atoms with E-state index in [9.17, 15) is 10.1 Å². The molecule has 1 fully saturated rings. The number of nitriles is 1. The van der Waals surface area contributed by atoms with Crippen LogP contribution >= 0.6 is 39.1 Å². The molecule has 6 nitrogen and oxygen atoms in total. The van der Waals surface area contributed by atoms with Crippen LogP contribution in [-0.4, -0.2) is 43.6 Å². The lowest BCUT2D eigenvalue weighted by molar-refractivity contribution is -0.126. The summed E-state index contributed by atoms with van der Waals surface area (Å²) in [4.78, 5) is 17.2. The number of amides is 1. The Bertz CT molecular complexity index is 1370. The van der Waals surface area contributed by atoms with E-state index in [1.165, 1.54) is 0 Å². The first-order chi connectivity index (χ1) is 18.4. The van der Waals surface area contributed by atoms with Crippen molar-refractivity contribution in [1.29, 1.82) is 5.26 Å². The molecular formula is C29H26BrCl2N3O3. The van der Waals surface area contributed by atoms with Gasteiger partial charge in [0.1, 0.15) is 18.2 Å². The highest BCUT2D eigenvalue weighted by molar-refractivity contribution is 9.10. The molecule has 0 aromatic heterocycles. The zero-order chi connectivity index (χ0) is 27.1. The second-order valence-electron chi connectivity index (χ2n) is 8.56. The van der Waals surface area contributed by atoms with Crippen LogP contribution in [0.2, 0.25) is 10.0 Å². The lowest BCUT2D eigenvalue weighted by atomic mass is 10.1. The number of benzene rings is 3. The van der Waals surface area contributed by atoms with Crippen LogP contribution in [0.25, 0.3) is 6.08 Å². The molecule has 0 saturated carbocycles. The molecule has 0 atom stereocenters. The van der Waals surface area contributed by atoms with Gasteiger partial charge in [-0.2, -0.15) is 5.26 Å². The number of carbonyl (C=O) groups excluding carboxylic acids is 1. The van der Waals surface area contributed by atoms with Crippen LogP contribution in [-0.2, 0) is 11.4 Å². The van der Waals surface area contributed by atoms with Gasteiger partial charge in [-0.1, -0.05) is 63.4 Å². The number of rotatable bonds is 8. The molecule has 0 aliphatic carbocycles. The Morgan fingerprint density at radius 1 is 1.03 bits per heavy atom. The van der Waals surface area contributed by atoms with Crippen molar-refractivity contribution in [3.63, 3.8) is 0 Å². The normalized spacial score (nSPS) is 13.7. The van der Waals surface area contributed by atoms with Crippen LogP contribution in [0.15, 0.2) is 70.7 Å². The van der Waals surface area contributed by atoms with Crippen LogP contribution in [0.5, 0.6) is 11.5 Å². The van der Waals surface area contributed by atoms with Crippen molar-refractivity contribution < 1.29 is 14.3 Å². The van der Waals surface area contributed by atoms with Gasteiger partial charge in [0.15, 0.2) is 11.5 Å². The Balaban J connectivity index is 1.50. The van der Waals surface area contributed by atoms with E-state index < -0.39 is 0 Å². The molecule has 0 N–H and O–H groups in total. The van der Waals surface area contributed by atoms with Gasteiger partial charge in [-0.3, -0.25) is 4.79 Å². The van der Waals surface area contributed by atoms with Gasteiger partial charge in [0, 0.05) is 51.9 Å². The van der Waals surface area contributed by atoms with E-state index >= 15 is 0 Å². The van der Waals surface area contributed by atoms with Crippen molar-refractivity contribution in [2.24, 2.45) is 0 Å². The molecule has 9 heteroatoms. The van der Waals surface area contributed by atoms with E-state index in [0.717, 1.165) is 11.3 Å². The highest BCUT2D eigenvalue weighted by atomic mass is 79.9. The summed E-state index contributed by atoms with van der Waals surface area (Å²) in [5.41, 5.74) is 2.60. The third-order valence-corrected chi connectivity index (χ3v) is 7.37. The maximum absolute atomic E-state index is 13.2. The number of nitrogens with zero attached hydrogens (tertiary/aromatic N) is 3. The first-order valence-corrected chi connectivity index (χ1v) is 13.7. The maximum Gasteiger partial charge on any atom is 0.264 e. The van der Waals surface area contributed by atoms with E-state index in [1.807, 2.05) is 31.2 Å². The molecule has 0 bridgehead atoms. The van der Waals surface area contributed by atoms with Crippen molar-refractivity contribution in [2.75, 3.05) is 37.7 Å². The molecular weight excluding hydrogens is 589 g/mol. The molecule has 0 unspecified atom stereocenters. The van der Waals surface area contributed by atoms with Crippen molar-refractivity contribution >= 4 is 56.8 Å². The summed E-state index contributed by atoms with van der Waals surface area (Å²) in [5.74, 6) is 0.708. The summed E-state index contributed by atoms with van der Waals surface area (Å²) < 4.78 is 12.5. The number of halogens is 3. The Kier molecular flexibility index (Phi) is 9.57. The molecule has 1 heterocycles. The zero-order valence-corrected chi connectivity index (χ0v) is 23.9. The first kappa shape index (κ1) is 27.8. The molecule has 0 radical (unpaired) electrons. The fourth-order valence-corrected chi connectivity index (χ4v) is 5.01. The highest BCUT2D eigenvalue weighted by Gasteiger charge is 2.24. The van der Waals surface area contributed by atoms with Gasteiger partial charge in [-0.05, 0) is 55.0 Å². The monoisotopic (exact) mass is 613 g/mol. The molecule has 38 heavy (non-hydrogen) atoms. The summed E-state index contributed by atoms with van der Waals surface area (Å²) in [5, 5.41) is 10.9. The summed E-state index contributed by atoms with van der Waals surface area (Å²) in [6.45, 7) is 4.99. The van der Waals surface area contributed by atoms with Gasteiger partial charge in [-0.15, -0.1) is 0 Å². The Hall–Kier alpha value is -3.18. The molecule has 3 aromatic rings. The highest BCUT2D eigenvalue weighted by Crippen LogP contribution is 2.36. The molecule has 1 saturated heterocycles. The average Bonchev–Trinajstić information content (AvgIpc) is 2.93. The van der Waals surface area contributed by atoms with Crippen LogP contribution in [0.1, 0.15) is 18.1 Å². The standard InChI is InChI=1S/C29H26BrCl2N3O3/c1-2-37-27-15-21(25(30)17-28(27)38-19-20-8-9-23(31)16-26(20)32)14-22(18-33)29(36)35-12-10-34(11-13-35)24-6-4-3-5-7-24/h3-9,14-17H,2,10-13,19H2,1H3/b22-14-. The van der Waals surface area contributed by atoms with Crippen molar-refractivity contribution in [3.8, 4) is 17.6 Å². The third kappa shape index (κ3) is 6.82. The summed E-state index contributed by atoms with van der Waals surface area (Å²) >= 11 is 15.8. The van der Waals surface area contributed by atoms with Crippen LogP contribution in [0, 0.1) is 11.3 Å². The molecule has 1 amide bonds. The van der Waals surface area contributed by atoms with Gasteiger partial charge in [0.25, 0.3) is 5.91 Å². The van der Waals surface area contributed by atoms with Gasteiger partial charge in [0.2, 0.25) is 0 Å². The lowest BCUT2D eigenvalue weighted by Gasteiger charge is -2.36. The summed E-state index contributed by atoms with van der Waals surface area (Å²) in [6, 6.07) is 20.9. The SMILES string of the molecule is CCOc1cc(/C=C(/C#N)C(=O)N2CCN(c3ccccc3)CC2)c(Br)cc1OCc1ccc(Cl)cc1Cl. The molecule has 196 valence electrons. The fourth-order valence-electron chi connectivity index (χ4n) is 4.11.